The van der Waals surface area contributed by atoms with Gasteiger partial charge in [0.25, 0.3) is 0 Å². The van der Waals surface area contributed by atoms with Crippen LogP contribution in [0.3, 0.4) is 0 Å². The van der Waals surface area contributed by atoms with Crippen LogP contribution in [-0.4, -0.2) is 15.1 Å². The van der Waals surface area contributed by atoms with E-state index < -0.39 is 0 Å². The number of hydrogen-bond acceptors (Lipinski definition) is 4. The Hall–Kier alpha value is -2.17. The normalized spacial score (nSPS) is 10.7. The van der Waals surface area contributed by atoms with Gasteiger partial charge in [-0.2, -0.15) is 0 Å². The van der Waals surface area contributed by atoms with Crippen LogP contribution in [0.15, 0.2) is 48.8 Å². The first-order chi connectivity index (χ1) is 9.76. The molecule has 3 rings (SSSR count). The Morgan fingerprint density at radius 3 is 2.80 bits per heavy atom. The highest BCUT2D eigenvalue weighted by atomic mass is 35.5. The minimum atomic E-state index is -0.144. The molecule has 0 unspecified atom stereocenters. The Labute approximate surface area is 120 Å². The Kier molecular flexibility index (Phi) is 3.50. The van der Waals surface area contributed by atoms with Gasteiger partial charge in [0.2, 0.25) is 5.88 Å². The van der Waals surface area contributed by atoms with Gasteiger partial charge in [0.05, 0.1) is 23.5 Å². The molecule has 4 nitrogen and oxygen atoms in total. The number of pyridine rings is 2. The third-order valence-electron chi connectivity index (χ3n) is 2.81. The number of aliphatic hydroxyl groups is 1. The Morgan fingerprint density at radius 1 is 1.15 bits per heavy atom. The minimum Gasteiger partial charge on any atom is -0.437 e. The minimum absolute atomic E-state index is 0.144. The maximum absolute atomic E-state index is 9.28. The molecule has 0 aliphatic rings. The topological polar surface area (TPSA) is 55.2 Å². The van der Waals surface area contributed by atoms with Crippen molar-refractivity contribution in [2.45, 2.75) is 6.61 Å². The van der Waals surface area contributed by atoms with Gasteiger partial charge in [-0.05, 0) is 17.5 Å². The molecule has 0 aliphatic heterocycles. The molecule has 5 heteroatoms. The van der Waals surface area contributed by atoms with Gasteiger partial charge < -0.3 is 9.84 Å². The summed E-state index contributed by atoms with van der Waals surface area (Å²) >= 11 is 5.88. The highest BCUT2D eigenvalue weighted by Gasteiger charge is 2.08. The van der Waals surface area contributed by atoms with Crippen LogP contribution in [0.5, 0.6) is 11.6 Å². The quantitative estimate of drug-likeness (QED) is 0.800. The van der Waals surface area contributed by atoms with Gasteiger partial charge in [-0.15, -0.1) is 0 Å². The Morgan fingerprint density at radius 2 is 2.00 bits per heavy atom. The fraction of sp³-hybridized carbons (Fsp3) is 0.0667. The molecule has 0 atom stereocenters. The summed E-state index contributed by atoms with van der Waals surface area (Å²) in [6, 6.07) is 11.2. The first kappa shape index (κ1) is 12.8. The van der Waals surface area contributed by atoms with Crippen LogP contribution in [-0.2, 0) is 6.61 Å². The van der Waals surface area contributed by atoms with Crippen molar-refractivity contribution in [1.82, 2.24) is 9.97 Å². The zero-order chi connectivity index (χ0) is 13.9. The highest BCUT2D eigenvalue weighted by molar-refractivity contribution is 6.30. The van der Waals surface area contributed by atoms with Gasteiger partial charge in [0.15, 0.2) is 0 Å². The molecule has 100 valence electrons. The molecule has 1 aromatic carbocycles. The lowest BCUT2D eigenvalue weighted by atomic mass is 10.1. The molecule has 0 amide bonds. The van der Waals surface area contributed by atoms with Crippen molar-refractivity contribution in [1.29, 1.82) is 0 Å². The summed E-state index contributed by atoms with van der Waals surface area (Å²) < 4.78 is 5.75. The zero-order valence-corrected chi connectivity index (χ0v) is 11.2. The molecular weight excluding hydrogens is 276 g/mol. The molecule has 0 spiro atoms. The predicted molar refractivity (Wildman–Crippen MR) is 77.0 cm³/mol. The van der Waals surface area contributed by atoms with Gasteiger partial charge in [-0.3, -0.25) is 4.98 Å². The van der Waals surface area contributed by atoms with Crippen LogP contribution in [0.4, 0.5) is 0 Å². The van der Waals surface area contributed by atoms with Crippen molar-refractivity contribution in [3.8, 4) is 11.6 Å². The van der Waals surface area contributed by atoms with Gasteiger partial charge in [0.1, 0.15) is 5.75 Å². The van der Waals surface area contributed by atoms with Crippen LogP contribution in [0, 0.1) is 0 Å². The summed E-state index contributed by atoms with van der Waals surface area (Å²) in [6.45, 7) is -0.144. The second-order valence-electron chi connectivity index (χ2n) is 4.24. The average molecular weight is 287 g/mol. The second kappa shape index (κ2) is 5.45. The van der Waals surface area contributed by atoms with E-state index in [1.54, 1.807) is 12.3 Å². The van der Waals surface area contributed by atoms with Crippen LogP contribution < -0.4 is 4.74 Å². The van der Waals surface area contributed by atoms with Gasteiger partial charge in [0, 0.05) is 17.6 Å². The fourth-order valence-electron chi connectivity index (χ4n) is 1.94. The van der Waals surface area contributed by atoms with Gasteiger partial charge >= 0.3 is 0 Å². The Bertz CT molecular complexity index is 762. The first-order valence-corrected chi connectivity index (χ1v) is 6.42. The summed E-state index contributed by atoms with van der Waals surface area (Å²) in [5.74, 6) is 0.932. The van der Waals surface area contributed by atoms with Gasteiger partial charge in [-0.1, -0.05) is 29.8 Å². The maximum atomic E-state index is 9.28. The molecule has 0 saturated carbocycles. The zero-order valence-electron chi connectivity index (χ0n) is 10.5. The average Bonchev–Trinajstić information content (AvgIpc) is 2.47. The van der Waals surface area contributed by atoms with E-state index in [9.17, 15) is 5.11 Å². The monoisotopic (exact) mass is 286 g/mol. The molecule has 0 aliphatic carbocycles. The molecule has 0 saturated heterocycles. The summed E-state index contributed by atoms with van der Waals surface area (Å²) in [5, 5.41) is 11.6. The number of hydrogen-bond donors (Lipinski definition) is 1. The van der Waals surface area contributed by atoms with E-state index in [1.165, 1.54) is 6.20 Å². The van der Waals surface area contributed by atoms with Gasteiger partial charge in [-0.25, -0.2) is 4.98 Å². The van der Waals surface area contributed by atoms with E-state index in [2.05, 4.69) is 9.97 Å². The van der Waals surface area contributed by atoms with Crippen LogP contribution >= 0.6 is 11.6 Å². The van der Waals surface area contributed by atoms with E-state index >= 15 is 0 Å². The van der Waals surface area contributed by atoms with Crippen molar-refractivity contribution >= 4 is 22.4 Å². The third kappa shape index (κ3) is 2.57. The molecule has 0 radical (unpaired) electrons. The lowest BCUT2D eigenvalue weighted by Gasteiger charge is -2.09. The third-order valence-corrected chi connectivity index (χ3v) is 3.02. The van der Waals surface area contributed by atoms with E-state index in [0.717, 1.165) is 10.8 Å². The molecule has 2 aromatic heterocycles. The second-order valence-corrected chi connectivity index (χ2v) is 4.68. The van der Waals surface area contributed by atoms with Crippen LogP contribution in [0.25, 0.3) is 10.8 Å². The summed E-state index contributed by atoms with van der Waals surface area (Å²) in [5.41, 5.74) is 0.550. The fourth-order valence-corrected chi connectivity index (χ4v) is 2.10. The Balaban J connectivity index is 2.10. The SMILES string of the molecule is OCc1cc2ccccc2c(Oc2cncc(Cl)c2)n1. The lowest BCUT2D eigenvalue weighted by Crippen LogP contribution is -1.95. The maximum Gasteiger partial charge on any atom is 0.227 e. The van der Waals surface area contributed by atoms with Crippen LogP contribution in [0.2, 0.25) is 5.02 Å². The first-order valence-electron chi connectivity index (χ1n) is 6.04. The summed E-state index contributed by atoms with van der Waals surface area (Å²) in [4.78, 5) is 8.27. The highest BCUT2D eigenvalue weighted by Crippen LogP contribution is 2.29. The van der Waals surface area contributed by atoms with E-state index in [1.807, 2.05) is 30.3 Å². The number of aromatic nitrogens is 2. The number of nitrogens with zero attached hydrogens (tertiary/aromatic N) is 2. The number of benzene rings is 1. The molecule has 0 bridgehead atoms. The summed E-state index contributed by atoms with van der Waals surface area (Å²) in [6.07, 6.45) is 3.10. The van der Waals surface area contributed by atoms with E-state index in [-0.39, 0.29) is 6.61 Å². The largest absolute Gasteiger partial charge is 0.437 e. The molecule has 2 heterocycles. The van der Waals surface area contributed by atoms with E-state index in [4.69, 9.17) is 16.3 Å². The molecule has 3 aromatic rings. The van der Waals surface area contributed by atoms with Crippen molar-refractivity contribution in [3.05, 3.63) is 59.5 Å². The van der Waals surface area contributed by atoms with Crippen molar-refractivity contribution in [2.24, 2.45) is 0 Å². The number of ether oxygens (including phenoxy) is 1. The van der Waals surface area contributed by atoms with E-state index in [0.29, 0.717) is 22.3 Å². The number of aliphatic hydroxyl groups excluding tert-OH is 1. The molecule has 0 fully saturated rings. The van der Waals surface area contributed by atoms with Crippen LogP contribution in [0.1, 0.15) is 5.69 Å². The molecular formula is C15H11ClN2O2. The van der Waals surface area contributed by atoms with Crippen molar-refractivity contribution < 1.29 is 9.84 Å². The number of rotatable bonds is 3. The molecule has 1 N–H and O–H groups in total. The molecule has 20 heavy (non-hydrogen) atoms. The number of halogens is 1. The van der Waals surface area contributed by atoms with Crippen molar-refractivity contribution in [2.75, 3.05) is 0 Å². The van der Waals surface area contributed by atoms with Crippen molar-refractivity contribution in [3.63, 3.8) is 0 Å². The standard InChI is InChI=1S/C15H11ClN2O2/c16-11-6-13(8-17-7-11)20-15-14-4-2-1-3-10(14)5-12(9-19)18-15/h1-8,19H,9H2. The summed E-state index contributed by atoms with van der Waals surface area (Å²) in [7, 11) is 0. The predicted octanol–water partition coefficient (Wildman–Crippen LogP) is 3.57. The smallest absolute Gasteiger partial charge is 0.227 e. The lowest BCUT2D eigenvalue weighted by molar-refractivity contribution is 0.275. The number of fused-ring (bicyclic) bond motifs is 1.